The monoisotopic (exact) mass is 369 g/mol. The Morgan fingerprint density at radius 1 is 1.19 bits per heavy atom. The van der Waals surface area contributed by atoms with Crippen LogP contribution in [0.15, 0.2) is 29.0 Å². The lowest BCUT2D eigenvalue weighted by Crippen LogP contribution is -2.39. The van der Waals surface area contributed by atoms with E-state index in [1.807, 2.05) is 0 Å². The van der Waals surface area contributed by atoms with E-state index in [4.69, 9.17) is 14.2 Å². The van der Waals surface area contributed by atoms with Crippen molar-refractivity contribution in [1.29, 1.82) is 0 Å². The Morgan fingerprint density at radius 3 is 2.38 bits per heavy atom. The molecule has 0 saturated carbocycles. The molecule has 0 bridgehead atoms. The summed E-state index contributed by atoms with van der Waals surface area (Å²) in [5.41, 5.74) is -1.37. The first-order valence-corrected chi connectivity index (χ1v) is 8.13. The second-order valence-corrected chi connectivity index (χ2v) is 6.30. The molecule has 0 aromatic carbocycles. The van der Waals surface area contributed by atoms with Gasteiger partial charge in [0.2, 0.25) is 11.5 Å². The molecule has 8 heteroatoms. The van der Waals surface area contributed by atoms with E-state index < -0.39 is 35.4 Å². The van der Waals surface area contributed by atoms with E-state index in [1.165, 1.54) is 40.7 Å². The van der Waals surface area contributed by atoms with Crippen LogP contribution in [0.2, 0.25) is 0 Å². The lowest BCUT2D eigenvalue weighted by atomic mass is 10.1. The number of carbonyl (C=O) groups is 3. The normalized spacial score (nSPS) is 20.8. The molecule has 0 fully saturated rings. The number of halogens is 1. The fraction of sp³-hybridized carbons (Fsp3) is 0.556. The van der Waals surface area contributed by atoms with Crippen molar-refractivity contribution in [2.45, 2.75) is 58.8 Å². The predicted octanol–water partition coefficient (Wildman–Crippen LogP) is 2.45. The number of carbonyl (C=O) groups excluding carboxylic acids is 3. The third-order valence-electron chi connectivity index (χ3n) is 3.36. The molecular formula is C18H24FNO6. The Kier molecular flexibility index (Phi) is 7.82. The quantitative estimate of drug-likeness (QED) is 0.389. The summed E-state index contributed by atoms with van der Waals surface area (Å²) >= 11 is 0. The van der Waals surface area contributed by atoms with Gasteiger partial charge in [-0.05, 0) is 33.3 Å². The van der Waals surface area contributed by atoms with E-state index in [-0.39, 0.29) is 24.8 Å². The number of nitrogens with zero attached hydrogens (tertiary/aromatic N) is 1. The Hall–Kier alpha value is -2.35. The number of amides is 1. The van der Waals surface area contributed by atoms with Crippen LogP contribution in [-0.4, -0.2) is 48.0 Å². The van der Waals surface area contributed by atoms with Gasteiger partial charge in [-0.15, -0.1) is 0 Å². The van der Waals surface area contributed by atoms with E-state index in [9.17, 15) is 18.8 Å². The summed E-state index contributed by atoms with van der Waals surface area (Å²) in [7, 11) is 0. The average Bonchev–Trinajstić information content (AvgIpc) is 2.96. The van der Waals surface area contributed by atoms with E-state index in [0.717, 1.165) is 0 Å². The SMILES string of the molecule is CC(=O)N=C(C)/C(F)=C\CC1C=CC(COC(=O)C(C)(C)OC(C)=O)O1. The molecule has 26 heavy (non-hydrogen) atoms. The number of hydrogen-bond acceptors (Lipinski definition) is 6. The highest BCUT2D eigenvalue weighted by molar-refractivity contribution is 6.02. The summed E-state index contributed by atoms with van der Waals surface area (Å²) in [6, 6.07) is 0. The molecule has 2 unspecified atom stereocenters. The van der Waals surface area contributed by atoms with Crippen LogP contribution in [0.25, 0.3) is 0 Å². The Labute approximate surface area is 151 Å². The van der Waals surface area contributed by atoms with Crippen LogP contribution < -0.4 is 0 Å². The van der Waals surface area contributed by atoms with Crippen LogP contribution in [0, 0.1) is 0 Å². The first-order valence-electron chi connectivity index (χ1n) is 8.13. The number of aliphatic imine (C=N–C) groups is 1. The van der Waals surface area contributed by atoms with Gasteiger partial charge in [-0.2, -0.15) is 0 Å². The minimum absolute atomic E-state index is 0.0117. The minimum Gasteiger partial charge on any atom is -0.460 e. The summed E-state index contributed by atoms with van der Waals surface area (Å²) in [4.78, 5) is 37.3. The van der Waals surface area contributed by atoms with Gasteiger partial charge in [0.25, 0.3) is 0 Å². The zero-order valence-electron chi connectivity index (χ0n) is 15.6. The second kappa shape index (κ2) is 9.38. The van der Waals surface area contributed by atoms with Crippen molar-refractivity contribution < 1.29 is 33.0 Å². The van der Waals surface area contributed by atoms with Crippen LogP contribution in [0.4, 0.5) is 4.39 Å². The molecule has 0 aromatic heterocycles. The summed E-state index contributed by atoms with van der Waals surface area (Å²) < 4.78 is 29.4. The molecule has 0 radical (unpaired) electrons. The number of rotatable bonds is 7. The second-order valence-electron chi connectivity index (χ2n) is 6.30. The largest absolute Gasteiger partial charge is 0.460 e. The molecule has 1 aliphatic rings. The molecular weight excluding hydrogens is 345 g/mol. The number of ether oxygens (including phenoxy) is 3. The van der Waals surface area contributed by atoms with Gasteiger partial charge in [-0.3, -0.25) is 9.59 Å². The van der Waals surface area contributed by atoms with E-state index in [0.29, 0.717) is 0 Å². The van der Waals surface area contributed by atoms with Crippen LogP contribution >= 0.6 is 0 Å². The van der Waals surface area contributed by atoms with Crippen LogP contribution in [0.1, 0.15) is 41.0 Å². The smallest absolute Gasteiger partial charge is 0.350 e. The van der Waals surface area contributed by atoms with Gasteiger partial charge in [0.15, 0.2) is 0 Å². The van der Waals surface area contributed by atoms with Crippen molar-refractivity contribution >= 4 is 23.6 Å². The van der Waals surface area contributed by atoms with Gasteiger partial charge in [0.1, 0.15) is 18.5 Å². The molecule has 1 aliphatic heterocycles. The molecule has 0 N–H and O–H groups in total. The lowest BCUT2D eigenvalue weighted by molar-refractivity contribution is -0.179. The maximum absolute atomic E-state index is 13.8. The zero-order valence-corrected chi connectivity index (χ0v) is 15.6. The Balaban J connectivity index is 2.46. The highest BCUT2D eigenvalue weighted by Crippen LogP contribution is 2.18. The molecule has 7 nitrogen and oxygen atoms in total. The fourth-order valence-corrected chi connectivity index (χ4v) is 2.18. The molecule has 2 atom stereocenters. The first kappa shape index (κ1) is 21.7. The van der Waals surface area contributed by atoms with Crippen molar-refractivity contribution in [3.8, 4) is 0 Å². The Bertz CT molecular complexity index is 650. The first-order chi connectivity index (χ1) is 12.0. The molecule has 0 aromatic rings. The highest BCUT2D eigenvalue weighted by Gasteiger charge is 2.33. The van der Waals surface area contributed by atoms with Crippen molar-refractivity contribution in [3.63, 3.8) is 0 Å². The van der Waals surface area contributed by atoms with Gasteiger partial charge in [-0.25, -0.2) is 14.2 Å². The maximum atomic E-state index is 13.8. The molecule has 0 aliphatic carbocycles. The minimum atomic E-state index is -1.38. The lowest BCUT2D eigenvalue weighted by Gasteiger charge is -2.23. The van der Waals surface area contributed by atoms with Crippen LogP contribution in [0.5, 0.6) is 0 Å². The average molecular weight is 369 g/mol. The van der Waals surface area contributed by atoms with Gasteiger partial charge < -0.3 is 14.2 Å². The molecule has 0 spiro atoms. The zero-order chi connectivity index (χ0) is 19.9. The molecule has 1 rings (SSSR count). The summed E-state index contributed by atoms with van der Waals surface area (Å²) in [6.45, 7) is 6.68. The third kappa shape index (κ3) is 7.26. The van der Waals surface area contributed by atoms with Crippen molar-refractivity contribution in [1.82, 2.24) is 0 Å². The summed E-state index contributed by atoms with van der Waals surface area (Å²) in [6.07, 6.45) is 4.12. The van der Waals surface area contributed by atoms with Crippen molar-refractivity contribution in [2.75, 3.05) is 6.61 Å². The standard InChI is InChI=1S/C18H24FNO6/c1-11(20-12(2)21)16(19)9-8-14-6-7-15(25-14)10-24-17(23)18(4,5)26-13(3)22/h6-7,9,14-15H,8,10H2,1-5H3/b16-9+,20-11?. The van der Waals surface area contributed by atoms with E-state index in [1.54, 1.807) is 12.2 Å². The van der Waals surface area contributed by atoms with E-state index >= 15 is 0 Å². The van der Waals surface area contributed by atoms with Gasteiger partial charge in [0, 0.05) is 13.8 Å². The van der Waals surface area contributed by atoms with Gasteiger partial charge >= 0.3 is 11.9 Å². The molecule has 144 valence electrons. The van der Waals surface area contributed by atoms with Crippen molar-refractivity contribution in [3.05, 3.63) is 24.1 Å². The number of hydrogen-bond donors (Lipinski definition) is 0. The number of allylic oxidation sites excluding steroid dienone is 1. The van der Waals surface area contributed by atoms with Gasteiger partial charge in [-0.1, -0.05) is 12.2 Å². The highest BCUT2D eigenvalue weighted by atomic mass is 19.1. The summed E-state index contributed by atoms with van der Waals surface area (Å²) in [5.74, 6) is -2.33. The maximum Gasteiger partial charge on any atom is 0.350 e. The fourth-order valence-electron chi connectivity index (χ4n) is 2.18. The van der Waals surface area contributed by atoms with E-state index in [2.05, 4.69) is 4.99 Å². The van der Waals surface area contributed by atoms with Crippen molar-refractivity contribution in [2.24, 2.45) is 4.99 Å². The van der Waals surface area contributed by atoms with Crippen LogP contribution in [-0.2, 0) is 28.6 Å². The Morgan fingerprint density at radius 2 is 1.81 bits per heavy atom. The number of esters is 2. The molecule has 1 heterocycles. The topological polar surface area (TPSA) is 91.3 Å². The van der Waals surface area contributed by atoms with Gasteiger partial charge in [0.05, 0.1) is 11.8 Å². The third-order valence-corrected chi connectivity index (χ3v) is 3.36. The predicted molar refractivity (Wildman–Crippen MR) is 92.2 cm³/mol. The molecule has 0 saturated heterocycles. The summed E-state index contributed by atoms with van der Waals surface area (Å²) in [5, 5.41) is 0. The van der Waals surface area contributed by atoms with Crippen LogP contribution in [0.3, 0.4) is 0 Å². The molecule has 1 amide bonds.